The summed E-state index contributed by atoms with van der Waals surface area (Å²) in [6, 6.07) is 13.8. The third kappa shape index (κ3) is 5.01. The lowest BCUT2D eigenvalue weighted by molar-refractivity contribution is 0.237. The molecule has 0 bridgehead atoms. The molecule has 0 fully saturated rings. The van der Waals surface area contributed by atoms with Gasteiger partial charge in [-0.2, -0.15) is 0 Å². The Labute approximate surface area is 144 Å². The molecule has 0 aromatic heterocycles. The summed E-state index contributed by atoms with van der Waals surface area (Å²) < 4.78 is 5.67. The average molecular weight is 326 g/mol. The van der Waals surface area contributed by atoms with Gasteiger partial charge in [0.1, 0.15) is 5.75 Å². The van der Waals surface area contributed by atoms with E-state index in [1.807, 2.05) is 58.0 Å². The van der Waals surface area contributed by atoms with Crippen LogP contribution in [0, 0.1) is 13.8 Å². The Morgan fingerprint density at radius 1 is 1.12 bits per heavy atom. The van der Waals surface area contributed by atoms with E-state index in [-0.39, 0.29) is 12.1 Å². The molecule has 0 saturated carbocycles. The lowest BCUT2D eigenvalue weighted by Crippen LogP contribution is -2.36. The number of ether oxygens (including phenoxy) is 1. The number of urea groups is 1. The minimum atomic E-state index is -0.187. The lowest BCUT2D eigenvalue weighted by atomic mass is 10.0. The van der Waals surface area contributed by atoms with Gasteiger partial charge in [0.2, 0.25) is 0 Å². The molecular weight excluding hydrogens is 300 g/mol. The molecule has 2 N–H and O–H groups in total. The van der Waals surface area contributed by atoms with E-state index < -0.39 is 0 Å². The van der Waals surface area contributed by atoms with Gasteiger partial charge in [-0.15, -0.1) is 0 Å². The zero-order chi connectivity index (χ0) is 17.5. The van der Waals surface area contributed by atoms with Crippen LogP contribution in [0.15, 0.2) is 42.5 Å². The summed E-state index contributed by atoms with van der Waals surface area (Å²) in [5.41, 5.74) is 4.40. The molecule has 2 rings (SSSR count). The monoisotopic (exact) mass is 326 g/mol. The first-order valence-corrected chi connectivity index (χ1v) is 8.33. The molecule has 2 amide bonds. The molecule has 24 heavy (non-hydrogen) atoms. The zero-order valence-electron chi connectivity index (χ0n) is 14.8. The SMILES string of the molecule is CCOc1ccc(C)cc1C(C)NC(=O)NCc1cccc(C)c1. The molecule has 1 atom stereocenters. The Balaban J connectivity index is 1.97. The van der Waals surface area contributed by atoms with Gasteiger partial charge in [0.15, 0.2) is 0 Å². The molecule has 0 aliphatic heterocycles. The van der Waals surface area contributed by atoms with Crippen LogP contribution in [-0.4, -0.2) is 12.6 Å². The molecule has 4 heteroatoms. The molecule has 0 saturated heterocycles. The minimum Gasteiger partial charge on any atom is -0.494 e. The summed E-state index contributed by atoms with van der Waals surface area (Å²) in [5, 5.41) is 5.88. The van der Waals surface area contributed by atoms with Crippen molar-refractivity contribution in [3.8, 4) is 5.75 Å². The fourth-order valence-corrected chi connectivity index (χ4v) is 2.62. The van der Waals surface area contributed by atoms with E-state index in [0.29, 0.717) is 13.2 Å². The van der Waals surface area contributed by atoms with Crippen molar-refractivity contribution in [3.05, 3.63) is 64.7 Å². The Kier molecular flexibility index (Phi) is 6.24. The van der Waals surface area contributed by atoms with Gasteiger partial charge in [0, 0.05) is 12.1 Å². The van der Waals surface area contributed by atoms with Crippen LogP contribution < -0.4 is 15.4 Å². The van der Waals surface area contributed by atoms with Crippen LogP contribution in [0.4, 0.5) is 4.79 Å². The van der Waals surface area contributed by atoms with Crippen molar-refractivity contribution < 1.29 is 9.53 Å². The second kappa shape index (κ2) is 8.39. The van der Waals surface area contributed by atoms with Crippen molar-refractivity contribution >= 4 is 6.03 Å². The summed E-state index contributed by atoms with van der Waals surface area (Å²) in [6.45, 7) is 9.09. The molecule has 2 aromatic carbocycles. The van der Waals surface area contributed by atoms with Crippen molar-refractivity contribution in [1.29, 1.82) is 0 Å². The van der Waals surface area contributed by atoms with Gasteiger partial charge in [-0.05, 0) is 39.3 Å². The van der Waals surface area contributed by atoms with Crippen molar-refractivity contribution in [2.45, 2.75) is 40.3 Å². The Hall–Kier alpha value is -2.49. The van der Waals surface area contributed by atoms with E-state index in [9.17, 15) is 4.79 Å². The van der Waals surface area contributed by atoms with Gasteiger partial charge in [0.25, 0.3) is 0 Å². The second-order valence-corrected chi connectivity index (χ2v) is 6.01. The molecule has 4 nitrogen and oxygen atoms in total. The number of benzene rings is 2. The van der Waals surface area contributed by atoms with Crippen LogP contribution in [0.1, 0.15) is 42.1 Å². The van der Waals surface area contributed by atoms with Gasteiger partial charge in [0.05, 0.1) is 12.6 Å². The predicted octanol–water partition coefficient (Wildman–Crippen LogP) is 4.26. The van der Waals surface area contributed by atoms with Crippen LogP contribution in [0.2, 0.25) is 0 Å². The van der Waals surface area contributed by atoms with Crippen molar-refractivity contribution in [3.63, 3.8) is 0 Å². The number of hydrogen-bond acceptors (Lipinski definition) is 2. The standard InChI is InChI=1S/C20H26N2O2/c1-5-24-19-10-9-15(3)12-18(19)16(4)22-20(23)21-13-17-8-6-7-14(2)11-17/h6-12,16H,5,13H2,1-4H3,(H2,21,22,23). The van der Waals surface area contributed by atoms with Crippen molar-refractivity contribution in [2.24, 2.45) is 0 Å². The highest BCUT2D eigenvalue weighted by Crippen LogP contribution is 2.26. The summed E-state index contributed by atoms with van der Waals surface area (Å²) in [6.07, 6.45) is 0. The van der Waals surface area contributed by atoms with Crippen LogP contribution in [0.5, 0.6) is 5.75 Å². The van der Waals surface area contributed by atoms with Gasteiger partial charge < -0.3 is 15.4 Å². The minimum absolute atomic E-state index is 0.135. The number of carbonyl (C=O) groups is 1. The van der Waals surface area contributed by atoms with Crippen LogP contribution in [0.3, 0.4) is 0 Å². The molecule has 0 radical (unpaired) electrons. The fourth-order valence-electron chi connectivity index (χ4n) is 2.62. The molecular formula is C20H26N2O2. The van der Waals surface area contributed by atoms with E-state index in [4.69, 9.17) is 4.74 Å². The van der Waals surface area contributed by atoms with Gasteiger partial charge in [-0.25, -0.2) is 4.79 Å². The Bertz CT molecular complexity index is 698. The number of rotatable bonds is 6. The number of amides is 2. The van der Waals surface area contributed by atoms with Gasteiger partial charge >= 0.3 is 6.03 Å². The van der Waals surface area contributed by atoms with Crippen LogP contribution >= 0.6 is 0 Å². The maximum atomic E-state index is 12.2. The van der Waals surface area contributed by atoms with E-state index >= 15 is 0 Å². The molecule has 0 aliphatic carbocycles. The molecule has 0 heterocycles. The largest absolute Gasteiger partial charge is 0.494 e. The molecule has 1 unspecified atom stereocenters. The highest BCUT2D eigenvalue weighted by atomic mass is 16.5. The number of hydrogen-bond donors (Lipinski definition) is 2. The summed E-state index contributed by atoms with van der Waals surface area (Å²) in [4.78, 5) is 12.2. The van der Waals surface area contributed by atoms with E-state index in [0.717, 1.165) is 22.4 Å². The normalized spacial score (nSPS) is 11.7. The number of aryl methyl sites for hydroxylation is 2. The summed E-state index contributed by atoms with van der Waals surface area (Å²) >= 11 is 0. The number of carbonyl (C=O) groups excluding carboxylic acids is 1. The summed E-state index contributed by atoms with van der Waals surface area (Å²) in [7, 11) is 0. The molecule has 0 spiro atoms. The zero-order valence-corrected chi connectivity index (χ0v) is 14.8. The first kappa shape index (κ1) is 17.9. The van der Waals surface area contributed by atoms with Crippen molar-refractivity contribution in [2.75, 3.05) is 6.61 Å². The Morgan fingerprint density at radius 2 is 1.88 bits per heavy atom. The van der Waals surface area contributed by atoms with Crippen LogP contribution in [-0.2, 0) is 6.54 Å². The first-order valence-electron chi connectivity index (χ1n) is 8.33. The average Bonchev–Trinajstić information content (AvgIpc) is 2.55. The smallest absolute Gasteiger partial charge is 0.315 e. The maximum Gasteiger partial charge on any atom is 0.315 e. The Morgan fingerprint density at radius 3 is 2.58 bits per heavy atom. The lowest BCUT2D eigenvalue weighted by Gasteiger charge is -2.19. The number of nitrogens with one attached hydrogen (secondary N) is 2. The molecule has 128 valence electrons. The van der Waals surface area contributed by atoms with E-state index in [1.165, 1.54) is 5.56 Å². The fraction of sp³-hybridized carbons (Fsp3) is 0.350. The van der Waals surface area contributed by atoms with E-state index in [1.54, 1.807) is 0 Å². The molecule has 2 aromatic rings. The third-order valence-electron chi connectivity index (χ3n) is 3.81. The topological polar surface area (TPSA) is 50.4 Å². The van der Waals surface area contributed by atoms with E-state index in [2.05, 4.69) is 22.8 Å². The highest BCUT2D eigenvalue weighted by Gasteiger charge is 2.14. The maximum absolute atomic E-state index is 12.2. The molecule has 0 aliphatic rings. The van der Waals surface area contributed by atoms with Gasteiger partial charge in [-0.1, -0.05) is 47.5 Å². The predicted molar refractivity (Wildman–Crippen MR) is 97.3 cm³/mol. The summed E-state index contributed by atoms with van der Waals surface area (Å²) in [5.74, 6) is 0.814. The third-order valence-corrected chi connectivity index (χ3v) is 3.81. The van der Waals surface area contributed by atoms with Crippen molar-refractivity contribution in [1.82, 2.24) is 10.6 Å². The highest BCUT2D eigenvalue weighted by molar-refractivity contribution is 5.74. The second-order valence-electron chi connectivity index (χ2n) is 6.01. The first-order chi connectivity index (χ1) is 11.5. The van der Waals surface area contributed by atoms with Crippen LogP contribution in [0.25, 0.3) is 0 Å². The van der Waals surface area contributed by atoms with Gasteiger partial charge in [-0.3, -0.25) is 0 Å². The quantitative estimate of drug-likeness (QED) is 0.833.